The maximum Gasteiger partial charge on any atom is 0.130 e. The van der Waals surface area contributed by atoms with Crippen LogP contribution in [0, 0.1) is 12.7 Å². The highest BCUT2D eigenvalue weighted by Gasteiger charge is 2.15. The molecule has 0 radical (unpaired) electrons. The predicted octanol–water partition coefficient (Wildman–Crippen LogP) is 2.88. The predicted molar refractivity (Wildman–Crippen MR) is 71.3 cm³/mol. The van der Waals surface area contributed by atoms with Crippen LogP contribution in [-0.2, 0) is 6.42 Å². The molecular formula is C15H17FN2. The van der Waals surface area contributed by atoms with Crippen molar-refractivity contribution in [2.75, 3.05) is 0 Å². The van der Waals surface area contributed by atoms with Crippen molar-refractivity contribution >= 4 is 0 Å². The van der Waals surface area contributed by atoms with Gasteiger partial charge in [-0.15, -0.1) is 0 Å². The minimum atomic E-state index is -0.215. The van der Waals surface area contributed by atoms with Crippen LogP contribution in [0.25, 0.3) is 0 Å². The molecule has 3 N–H and O–H groups in total. The van der Waals surface area contributed by atoms with Crippen LogP contribution in [-0.4, -0.2) is 0 Å². The zero-order valence-electron chi connectivity index (χ0n) is 10.4. The normalized spacial score (nSPS) is 12.4. The molecule has 18 heavy (non-hydrogen) atoms. The molecule has 0 heterocycles. The third-order valence-corrected chi connectivity index (χ3v) is 3.08. The van der Waals surface area contributed by atoms with Gasteiger partial charge in [-0.3, -0.25) is 11.3 Å². The van der Waals surface area contributed by atoms with Crippen molar-refractivity contribution in [3.05, 3.63) is 71.0 Å². The molecule has 94 valence electrons. The van der Waals surface area contributed by atoms with Crippen molar-refractivity contribution in [3.8, 4) is 0 Å². The largest absolute Gasteiger partial charge is 0.271 e. The Labute approximate surface area is 107 Å². The van der Waals surface area contributed by atoms with E-state index in [0.29, 0.717) is 17.5 Å². The minimum absolute atomic E-state index is 0.184. The molecule has 0 fully saturated rings. The van der Waals surface area contributed by atoms with Gasteiger partial charge in [0.2, 0.25) is 0 Å². The quantitative estimate of drug-likeness (QED) is 0.641. The van der Waals surface area contributed by atoms with E-state index in [1.165, 1.54) is 0 Å². The van der Waals surface area contributed by atoms with Gasteiger partial charge >= 0.3 is 0 Å². The van der Waals surface area contributed by atoms with E-state index in [1.807, 2.05) is 36.4 Å². The number of rotatable bonds is 4. The second kappa shape index (κ2) is 5.76. The number of benzene rings is 2. The average molecular weight is 244 g/mol. The summed E-state index contributed by atoms with van der Waals surface area (Å²) in [6.07, 6.45) is 0.664. The standard InChI is InChI=1S/C15H17FN2/c1-11-6-5-9-13(15(11)16)14(18-17)10-12-7-3-2-4-8-12/h2-9,14,18H,10,17H2,1H3. The summed E-state index contributed by atoms with van der Waals surface area (Å²) in [4.78, 5) is 0. The smallest absolute Gasteiger partial charge is 0.130 e. The van der Waals surface area contributed by atoms with Gasteiger partial charge in [0.25, 0.3) is 0 Å². The van der Waals surface area contributed by atoms with Crippen LogP contribution in [0.1, 0.15) is 22.7 Å². The monoisotopic (exact) mass is 244 g/mol. The maximum atomic E-state index is 14.0. The lowest BCUT2D eigenvalue weighted by atomic mass is 9.97. The van der Waals surface area contributed by atoms with E-state index in [4.69, 9.17) is 5.84 Å². The lowest BCUT2D eigenvalue weighted by molar-refractivity contribution is 0.507. The van der Waals surface area contributed by atoms with Crippen molar-refractivity contribution in [2.24, 2.45) is 5.84 Å². The number of nitrogens with two attached hydrogens (primary N) is 1. The van der Waals surface area contributed by atoms with Gasteiger partial charge in [0, 0.05) is 5.56 Å². The van der Waals surface area contributed by atoms with Gasteiger partial charge in [-0.2, -0.15) is 0 Å². The fourth-order valence-electron chi connectivity index (χ4n) is 2.05. The van der Waals surface area contributed by atoms with Gasteiger partial charge in [-0.1, -0.05) is 48.5 Å². The third kappa shape index (κ3) is 2.75. The minimum Gasteiger partial charge on any atom is -0.271 e. The van der Waals surface area contributed by atoms with Crippen molar-refractivity contribution in [1.29, 1.82) is 0 Å². The SMILES string of the molecule is Cc1cccc(C(Cc2ccccc2)NN)c1F. The van der Waals surface area contributed by atoms with Crippen LogP contribution in [0.15, 0.2) is 48.5 Å². The number of aryl methyl sites for hydroxylation is 1. The molecule has 0 amide bonds. The summed E-state index contributed by atoms with van der Waals surface area (Å²) in [6, 6.07) is 15.1. The Morgan fingerprint density at radius 2 is 1.83 bits per heavy atom. The zero-order valence-corrected chi connectivity index (χ0v) is 10.4. The number of hydrogen-bond donors (Lipinski definition) is 2. The molecule has 2 nitrogen and oxygen atoms in total. The first-order valence-electron chi connectivity index (χ1n) is 5.97. The van der Waals surface area contributed by atoms with Crippen LogP contribution in [0.3, 0.4) is 0 Å². The summed E-state index contributed by atoms with van der Waals surface area (Å²) in [5.41, 5.74) is 5.07. The lowest BCUT2D eigenvalue weighted by Crippen LogP contribution is -2.30. The molecule has 0 spiro atoms. The molecule has 2 rings (SSSR count). The number of hydrazine groups is 1. The van der Waals surface area contributed by atoms with E-state index >= 15 is 0 Å². The summed E-state index contributed by atoms with van der Waals surface area (Å²) < 4.78 is 14.0. The van der Waals surface area contributed by atoms with Crippen LogP contribution in [0.2, 0.25) is 0 Å². The van der Waals surface area contributed by atoms with Gasteiger partial charge in [-0.25, -0.2) is 4.39 Å². The first-order chi connectivity index (χ1) is 8.72. The molecule has 0 saturated carbocycles. The second-order valence-electron chi connectivity index (χ2n) is 4.39. The Morgan fingerprint density at radius 1 is 1.11 bits per heavy atom. The molecular weight excluding hydrogens is 227 g/mol. The van der Waals surface area contributed by atoms with Gasteiger partial charge in [-0.05, 0) is 24.5 Å². The Morgan fingerprint density at radius 3 is 2.50 bits per heavy atom. The van der Waals surface area contributed by atoms with E-state index in [0.717, 1.165) is 5.56 Å². The Hall–Kier alpha value is -1.71. The van der Waals surface area contributed by atoms with Crippen molar-refractivity contribution in [3.63, 3.8) is 0 Å². The fourth-order valence-corrected chi connectivity index (χ4v) is 2.05. The number of hydrogen-bond acceptors (Lipinski definition) is 2. The van der Waals surface area contributed by atoms with E-state index in [1.54, 1.807) is 19.1 Å². The molecule has 3 heteroatoms. The van der Waals surface area contributed by atoms with Crippen molar-refractivity contribution in [1.82, 2.24) is 5.43 Å². The summed E-state index contributed by atoms with van der Waals surface area (Å²) in [5, 5.41) is 0. The summed E-state index contributed by atoms with van der Waals surface area (Å²) in [7, 11) is 0. The first kappa shape index (κ1) is 12.7. The third-order valence-electron chi connectivity index (χ3n) is 3.08. The molecule has 2 aromatic rings. The van der Waals surface area contributed by atoms with E-state index in [-0.39, 0.29) is 11.9 Å². The molecule has 0 aliphatic carbocycles. The fraction of sp³-hybridized carbons (Fsp3) is 0.200. The van der Waals surface area contributed by atoms with Gasteiger partial charge in [0.15, 0.2) is 0 Å². The summed E-state index contributed by atoms with van der Waals surface area (Å²) in [5.74, 6) is 5.37. The maximum absolute atomic E-state index is 14.0. The Kier molecular flexibility index (Phi) is 4.07. The summed E-state index contributed by atoms with van der Waals surface area (Å²) in [6.45, 7) is 1.76. The van der Waals surface area contributed by atoms with Gasteiger partial charge in [0.1, 0.15) is 5.82 Å². The molecule has 1 unspecified atom stereocenters. The van der Waals surface area contributed by atoms with Gasteiger partial charge in [0.05, 0.1) is 6.04 Å². The molecule has 2 aromatic carbocycles. The van der Waals surface area contributed by atoms with Crippen molar-refractivity contribution in [2.45, 2.75) is 19.4 Å². The molecule has 0 bridgehead atoms. The first-order valence-corrected chi connectivity index (χ1v) is 5.97. The lowest BCUT2D eigenvalue weighted by Gasteiger charge is -2.18. The van der Waals surface area contributed by atoms with Crippen LogP contribution in [0.5, 0.6) is 0 Å². The zero-order chi connectivity index (χ0) is 13.0. The van der Waals surface area contributed by atoms with Crippen LogP contribution < -0.4 is 11.3 Å². The van der Waals surface area contributed by atoms with E-state index in [2.05, 4.69) is 5.43 Å². The number of halogens is 1. The topological polar surface area (TPSA) is 38.0 Å². The van der Waals surface area contributed by atoms with E-state index < -0.39 is 0 Å². The van der Waals surface area contributed by atoms with Crippen LogP contribution >= 0.6 is 0 Å². The Balaban J connectivity index is 2.26. The molecule has 0 aliphatic rings. The van der Waals surface area contributed by atoms with Gasteiger partial charge < -0.3 is 0 Å². The molecule has 0 aliphatic heterocycles. The molecule has 0 saturated heterocycles. The highest BCUT2D eigenvalue weighted by molar-refractivity contribution is 5.29. The molecule has 1 atom stereocenters. The molecule has 0 aromatic heterocycles. The second-order valence-corrected chi connectivity index (χ2v) is 4.39. The Bertz CT molecular complexity index is 511. The average Bonchev–Trinajstić information content (AvgIpc) is 2.41. The van der Waals surface area contributed by atoms with Crippen LogP contribution in [0.4, 0.5) is 4.39 Å². The summed E-state index contributed by atoms with van der Waals surface area (Å²) >= 11 is 0. The highest BCUT2D eigenvalue weighted by Crippen LogP contribution is 2.22. The number of nitrogens with one attached hydrogen (secondary N) is 1. The van der Waals surface area contributed by atoms with Crippen molar-refractivity contribution < 1.29 is 4.39 Å². The highest BCUT2D eigenvalue weighted by atomic mass is 19.1. The van der Waals surface area contributed by atoms with E-state index in [9.17, 15) is 4.39 Å².